The number of nitrogens with two attached hydrogens (primary N) is 1. The number of carboxylic acids is 1. The molecule has 1 aromatic heterocycles. The summed E-state index contributed by atoms with van der Waals surface area (Å²) in [6, 6.07) is 4.46. The summed E-state index contributed by atoms with van der Waals surface area (Å²) in [7, 11) is 0. The monoisotopic (exact) mass is 473 g/mol. The van der Waals surface area contributed by atoms with Gasteiger partial charge in [0.15, 0.2) is 0 Å². The van der Waals surface area contributed by atoms with Crippen molar-refractivity contribution in [2.24, 2.45) is 17.6 Å². The van der Waals surface area contributed by atoms with E-state index in [1.807, 2.05) is 31.2 Å². The number of benzene rings is 1. The Morgan fingerprint density at radius 2 is 1.65 bits per heavy atom. The van der Waals surface area contributed by atoms with E-state index in [9.17, 15) is 24.3 Å². The van der Waals surface area contributed by atoms with Crippen LogP contribution in [-0.4, -0.2) is 58.5 Å². The first-order valence-corrected chi connectivity index (χ1v) is 11.5. The highest BCUT2D eigenvalue weighted by atomic mass is 16.4. The van der Waals surface area contributed by atoms with Gasteiger partial charge in [0.25, 0.3) is 0 Å². The molecule has 0 radical (unpaired) electrons. The van der Waals surface area contributed by atoms with Crippen molar-refractivity contribution in [1.82, 2.24) is 20.9 Å². The smallest absolute Gasteiger partial charge is 0.326 e. The van der Waals surface area contributed by atoms with Crippen LogP contribution in [0.5, 0.6) is 0 Å². The number of carbonyl (C=O) groups excluding carboxylic acids is 3. The highest BCUT2D eigenvalue weighted by molar-refractivity contribution is 5.94. The van der Waals surface area contributed by atoms with Crippen molar-refractivity contribution in [3.63, 3.8) is 0 Å². The normalized spacial score (nSPS) is 14.8. The molecule has 0 saturated carbocycles. The van der Waals surface area contributed by atoms with Crippen molar-refractivity contribution in [3.05, 3.63) is 36.0 Å². The number of carbonyl (C=O) groups is 4. The molecule has 2 rings (SSSR count). The maximum atomic E-state index is 13.2. The van der Waals surface area contributed by atoms with Crippen LogP contribution < -0.4 is 21.7 Å². The number of aliphatic carboxylic acids is 1. The quantitative estimate of drug-likeness (QED) is 0.268. The van der Waals surface area contributed by atoms with Gasteiger partial charge in [-0.2, -0.15) is 0 Å². The van der Waals surface area contributed by atoms with Crippen LogP contribution in [0.3, 0.4) is 0 Å². The largest absolute Gasteiger partial charge is 0.480 e. The molecule has 0 saturated heterocycles. The molecule has 34 heavy (non-hydrogen) atoms. The summed E-state index contributed by atoms with van der Waals surface area (Å²) in [6.07, 6.45) is 2.38. The Morgan fingerprint density at radius 3 is 2.24 bits per heavy atom. The highest BCUT2D eigenvalue weighted by Gasteiger charge is 2.33. The van der Waals surface area contributed by atoms with Gasteiger partial charge in [-0.1, -0.05) is 52.3 Å². The fourth-order valence-corrected chi connectivity index (χ4v) is 3.69. The van der Waals surface area contributed by atoms with E-state index in [0.29, 0.717) is 6.42 Å². The first kappa shape index (κ1) is 26.8. The van der Waals surface area contributed by atoms with Gasteiger partial charge in [-0.25, -0.2) is 4.79 Å². The molecule has 1 heterocycles. The fourth-order valence-electron chi connectivity index (χ4n) is 3.69. The average molecular weight is 474 g/mol. The molecule has 10 heteroatoms. The minimum Gasteiger partial charge on any atom is -0.480 e. The molecule has 0 spiro atoms. The Bertz CT molecular complexity index is 1020. The molecule has 4 unspecified atom stereocenters. The lowest BCUT2D eigenvalue weighted by Crippen LogP contribution is -2.59. The number of carboxylic acid groups (broad SMARTS) is 1. The van der Waals surface area contributed by atoms with Crippen molar-refractivity contribution >= 4 is 34.6 Å². The number of hydrogen-bond acceptors (Lipinski definition) is 5. The van der Waals surface area contributed by atoms with Crippen molar-refractivity contribution in [1.29, 1.82) is 0 Å². The third-order valence-electron chi connectivity index (χ3n) is 5.96. The summed E-state index contributed by atoms with van der Waals surface area (Å²) in [5.41, 5.74) is 6.98. The molecular formula is C24H35N5O5. The second kappa shape index (κ2) is 12.2. The Kier molecular flexibility index (Phi) is 9.61. The van der Waals surface area contributed by atoms with Crippen LogP contribution >= 0.6 is 0 Å². The van der Waals surface area contributed by atoms with E-state index in [2.05, 4.69) is 20.9 Å². The van der Waals surface area contributed by atoms with E-state index in [1.54, 1.807) is 27.0 Å². The molecule has 4 atom stereocenters. The van der Waals surface area contributed by atoms with Crippen LogP contribution in [0.4, 0.5) is 0 Å². The van der Waals surface area contributed by atoms with Crippen molar-refractivity contribution < 1.29 is 24.3 Å². The van der Waals surface area contributed by atoms with Crippen molar-refractivity contribution in [2.45, 2.75) is 58.7 Å². The minimum atomic E-state index is -1.19. The van der Waals surface area contributed by atoms with Crippen LogP contribution in [0.25, 0.3) is 10.9 Å². The van der Waals surface area contributed by atoms with Gasteiger partial charge < -0.3 is 31.8 Å². The number of aromatic nitrogens is 1. The van der Waals surface area contributed by atoms with E-state index in [4.69, 9.17) is 5.73 Å². The first-order valence-electron chi connectivity index (χ1n) is 11.5. The van der Waals surface area contributed by atoms with Gasteiger partial charge in [0.1, 0.15) is 18.1 Å². The summed E-state index contributed by atoms with van der Waals surface area (Å²) < 4.78 is 0. The third kappa shape index (κ3) is 6.80. The molecule has 0 bridgehead atoms. The highest BCUT2D eigenvalue weighted by Crippen LogP contribution is 2.19. The number of H-pyrrole nitrogens is 1. The van der Waals surface area contributed by atoms with Gasteiger partial charge in [-0.15, -0.1) is 0 Å². The molecular weight excluding hydrogens is 438 g/mol. The SMILES string of the molecule is CCC(C)C(NC(=O)C(NC(=O)CN)C(C)C)C(=O)NC(Cc1c[nH]c2ccccc12)C(=O)O. The number of aromatic amines is 1. The summed E-state index contributed by atoms with van der Waals surface area (Å²) in [5, 5.41) is 18.5. The zero-order valence-corrected chi connectivity index (χ0v) is 20.1. The summed E-state index contributed by atoms with van der Waals surface area (Å²) >= 11 is 0. The van der Waals surface area contributed by atoms with Gasteiger partial charge in [0, 0.05) is 23.5 Å². The van der Waals surface area contributed by atoms with E-state index in [0.717, 1.165) is 16.5 Å². The number of para-hydroxylation sites is 1. The Hall–Kier alpha value is -3.40. The van der Waals surface area contributed by atoms with Gasteiger partial charge in [0.2, 0.25) is 17.7 Å². The molecule has 0 aliphatic carbocycles. The van der Waals surface area contributed by atoms with Crippen molar-refractivity contribution in [3.8, 4) is 0 Å². The number of fused-ring (bicyclic) bond motifs is 1. The van der Waals surface area contributed by atoms with E-state index >= 15 is 0 Å². The van der Waals surface area contributed by atoms with Crippen LogP contribution in [0.2, 0.25) is 0 Å². The Morgan fingerprint density at radius 1 is 1.00 bits per heavy atom. The van der Waals surface area contributed by atoms with Crippen molar-refractivity contribution in [2.75, 3.05) is 6.54 Å². The molecule has 186 valence electrons. The Labute approximate surface area is 199 Å². The molecule has 10 nitrogen and oxygen atoms in total. The van der Waals surface area contributed by atoms with Crippen LogP contribution in [0.1, 0.15) is 39.7 Å². The molecule has 0 aliphatic heterocycles. The van der Waals surface area contributed by atoms with Crippen LogP contribution in [0.15, 0.2) is 30.5 Å². The predicted octanol–water partition coefficient (Wildman–Crippen LogP) is 0.910. The lowest BCUT2D eigenvalue weighted by molar-refractivity contribution is -0.142. The van der Waals surface area contributed by atoms with Gasteiger partial charge in [0.05, 0.1) is 6.54 Å². The molecule has 3 amide bonds. The minimum absolute atomic E-state index is 0.0768. The maximum Gasteiger partial charge on any atom is 0.326 e. The van der Waals surface area contributed by atoms with Crippen LogP contribution in [-0.2, 0) is 25.6 Å². The fraction of sp³-hybridized carbons (Fsp3) is 0.500. The molecule has 0 fully saturated rings. The molecule has 2 aromatic rings. The number of hydrogen-bond donors (Lipinski definition) is 6. The third-order valence-corrected chi connectivity index (χ3v) is 5.96. The lowest BCUT2D eigenvalue weighted by Gasteiger charge is -2.28. The summed E-state index contributed by atoms with van der Waals surface area (Å²) in [5.74, 6) is -3.30. The van der Waals surface area contributed by atoms with Gasteiger partial charge >= 0.3 is 5.97 Å². The standard InChI is InChI=1S/C24H35N5O5/c1-5-14(4)21(29-22(31)20(13(2)3)28-19(30)11-25)23(32)27-18(24(33)34)10-15-12-26-17-9-7-6-8-16(15)17/h6-9,12-14,18,20-21,26H,5,10-11,25H2,1-4H3,(H,27,32)(H,28,30)(H,29,31)(H,33,34). The van der Waals surface area contributed by atoms with Gasteiger partial charge in [-0.3, -0.25) is 14.4 Å². The zero-order chi connectivity index (χ0) is 25.4. The molecule has 0 aliphatic rings. The predicted molar refractivity (Wildman–Crippen MR) is 129 cm³/mol. The number of rotatable bonds is 12. The number of amides is 3. The second-order valence-electron chi connectivity index (χ2n) is 8.83. The van der Waals surface area contributed by atoms with Crippen LogP contribution in [0, 0.1) is 11.8 Å². The first-order chi connectivity index (χ1) is 16.1. The summed E-state index contributed by atoms with van der Waals surface area (Å²) in [6.45, 7) is 6.93. The number of nitrogens with one attached hydrogen (secondary N) is 4. The van der Waals surface area contributed by atoms with Gasteiger partial charge in [-0.05, 0) is 23.5 Å². The topological polar surface area (TPSA) is 166 Å². The maximum absolute atomic E-state index is 13.2. The lowest BCUT2D eigenvalue weighted by atomic mass is 9.95. The Balaban J connectivity index is 2.19. The summed E-state index contributed by atoms with van der Waals surface area (Å²) in [4.78, 5) is 52.9. The molecule has 7 N–H and O–H groups in total. The zero-order valence-electron chi connectivity index (χ0n) is 20.1. The van der Waals surface area contributed by atoms with E-state index in [1.165, 1.54) is 0 Å². The average Bonchev–Trinajstić information content (AvgIpc) is 3.22. The van der Waals surface area contributed by atoms with E-state index in [-0.39, 0.29) is 24.8 Å². The molecule has 1 aromatic carbocycles. The second-order valence-corrected chi connectivity index (χ2v) is 8.83. The van der Waals surface area contributed by atoms with E-state index < -0.39 is 41.8 Å².